The molecule has 1 fully saturated rings. The van der Waals surface area contributed by atoms with Gasteiger partial charge in [0.15, 0.2) is 0 Å². The Bertz CT molecular complexity index is 566. The Balaban J connectivity index is 1.85. The van der Waals surface area contributed by atoms with Gasteiger partial charge in [-0.25, -0.2) is 0 Å². The molecule has 1 saturated carbocycles. The van der Waals surface area contributed by atoms with E-state index < -0.39 is 0 Å². The molecule has 1 heterocycles. The summed E-state index contributed by atoms with van der Waals surface area (Å²) < 4.78 is 6.60. The van der Waals surface area contributed by atoms with E-state index in [1.54, 1.807) is 4.90 Å². The van der Waals surface area contributed by atoms with Gasteiger partial charge in [-0.1, -0.05) is 15.9 Å². The Morgan fingerprint density at radius 1 is 1.45 bits per heavy atom. The molecule has 3 rings (SSSR count). The lowest BCUT2D eigenvalue weighted by molar-refractivity contribution is -0.128. The van der Waals surface area contributed by atoms with Crippen LogP contribution in [0.1, 0.15) is 18.4 Å². The van der Waals surface area contributed by atoms with E-state index in [0.29, 0.717) is 24.8 Å². The molecule has 1 aliphatic heterocycles. The van der Waals surface area contributed by atoms with Crippen LogP contribution in [0.4, 0.5) is 0 Å². The number of benzene rings is 1. The highest BCUT2D eigenvalue weighted by Crippen LogP contribution is 2.32. The van der Waals surface area contributed by atoms with Crippen LogP contribution in [0.5, 0.6) is 5.75 Å². The van der Waals surface area contributed by atoms with Crippen LogP contribution in [0.25, 0.3) is 6.08 Å². The highest BCUT2D eigenvalue weighted by atomic mass is 79.9. The summed E-state index contributed by atoms with van der Waals surface area (Å²) in [6.45, 7) is 0.687. The van der Waals surface area contributed by atoms with Crippen molar-refractivity contribution in [1.82, 2.24) is 4.90 Å². The molecule has 0 radical (unpaired) electrons. The molecule has 0 bridgehead atoms. The standard InChI is InChI=1S/C15H16BrNO3/c16-12-1-4-14-10(8-12)7-11(9-20-14)15(19)17(5-6-18)13-2-3-13/h1,4,7-8,13,18H,2-3,5-6,9H2. The minimum Gasteiger partial charge on any atom is -0.488 e. The number of aliphatic hydroxyl groups is 1. The molecule has 20 heavy (non-hydrogen) atoms. The molecule has 1 aromatic rings. The number of amides is 1. The fourth-order valence-corrected chi connectivity index (χ4v) is 2.78. The molecule has 4 nitrogen and oxygen atoms in total. The number of nitrogens with zero attached hydrogens (tertiary/aromatic N) is 1. The largest absolute Gasteiger partial charge is 0.488 e. The van der Waals surface area contributed by atoms with Gasteiger partial charge >= 0.3 is 0 Å². The van der Waals surface area contributed by atoms with Crippen LogP contribution in [-0.2, 0) is 4.79 Å². The van der Waals surface area contributed by atoms with E-state index in [0.717, 1.165) is 28.6 Å². The maximum Gasteiger partial charge on any atom is 0.253 e. The topological polar surface area (TPSA) is 49.8 Å². The number of carbonyl (C=O) groups excluding carboxylic acids is 1. The number of hydrogen-bond acceptors (Lipinski definition) is 3. The fraction of sp³-hybridized carbons (Fsp3) is 0.400. The van der Waals surface area contributed by atoms with E-state index in [9.17, 15) is 4.79 Å². The lowest BCUT2D eigenvalue weighted by Crippen LogP contribution is -2.38. The van der Waals surface area contributed by atoms with Crippen molar-refractivity contribution in [3.8, 4) is 5.75 Å². The second kappa shape index (κ2) is 5.58. The number of halogens is 1. The van der Waals surface area contributed by atoms with Gasteiger partial charge in [0.05, 0.1) is 12.2 Å². The molecule has 0 atom stereocenters. The fourth-order valence-electron chi connectivity index (χ4n) is 2.40. The lowest BCUT2D eigenvalue weighted by atomic mass is 10.1. The van der Waals surface area contributed by atoms with Gasteiger partial charge in [0.1, 0.15) is 12.4 Å². The zero-order valence-corrected chi connectivity index (χ0v) is 12.6. The third-order valence-electron chi connectivity index (χ3n) is 3.55. The van der Waals surface area contributed by atoms with Crippen LogP contribution in [0, 0.1) is 0 Å². The van der Waals surface area contributed by atoms with Crippen LogP contribution in [0.3, 0.4) is 0 Å². The number of carbonyl (C=O) groups is 1. The van der Waals surface area contributed by atoms with E-state index in [1.807, 2.05) is 24.3 Å². The zero-order valence-electron chi connectivity index (χ0n) is 11.0. The number of aliphatic hydroxyl groups excluding tert-OH is 1. The van der Waals surface area contributed by atoms with E-state index >= 15 is 0 Å². The molecule has 0 spiro atoms. The first-order valence-electron chi connectivity index (χ1n) is 6.74. The van der Waals surface area contributed by atoms with Gasteiger partial charge in [-0.2, -0.15) is 0 Å². The summed E-state index contributed by atoms with van der Waals surface area (Å²) in [7, 11) is 0. The predicted octanol–water partition coefficient (Wildman–Crippen LogP) is 2.21. The van der Waals surface area contributed by atoms with Gasteiger partial charge in [-0.05, 0) is 37.1 Å². The van der Waals surface area contributed by atoms with Crippen molar-refractivity contribution in [2.24, 2.45) is 0 Å². The lowest BCUT2D eigenvalue weighted by Gasteiger charge is -2.25. The first-order valence-corrected chi connectivity index (χ1v) is 7.53. The van der Waals surface area contributed by atoms with Gasteiger partial charge in [0, 0.05) is 22.6 Å². The first-order chi connectivity index (χ1) is 9.69. The summed E-state index contributed by atoms with van der Waals surface area (Å²) in [5.74, 6) is 0.775. The monoisotopic (exact) mass is 337 g/mol. The van der Waals surface area contributed by atoms with Crippen LogP contribution >= 0.6 is 15.9 Å². The van der Waals surface area contributed by atoms with Crippen LogP contribution < -0.4 is 4.74 Å². The molecule has 0 unspecified atom stereocenters. The maximum atomic E-state index is 12.5. The summed E-state index contributed by atoms with van der Waals surface area (Å²) in [4.78, 5) is 14.3. The molecule has 1 aliphatic carbocycles. The Kier molecular flexibility index (Phi) is 3.81. The van der Waals surface area contributed by atoms with Gasteiger partial charge in [0.2, 0.25) is 0 Å². The van der Waals surface area contributed by atoms with E-state index in [4.69, 9.17) is 9.84 Å². The summed E-state index contributed by atoms with van der Waals surface area (Å²) in [6, 6.07) is 6.04. The Labute approximate surface area is 126 Å². The van der Waals surface area contributed by atoms with Gasteiger partial charge in [-0.3, -0.25) is 4.79 Å². The number of hydrogen-bond donors (Lipinski definition) is 1. The van der Waals surface area contributed by atoms with Crippen molar-refractivity contribution in [1.29, 1.82) is 0 Å². The van der Waals surface area contributed by atoms with Crippen LogP contribution in [0.15, 0.2) is 28.2 Å². The number of rotatable bonds is 4. The average molecular weight is 338 g/mol. The predicted molar refractivity (Wildman–Crippen MR) is 79.4 cm³/mol. The third kappa shape index (κ3) is 2.74. The SMILES string of the molecule is O=C(C1=Cc2cc(Br)ccc2OC1)N(CCO)C1CC1. The summed E-state index contributed by atoms with van der Waals surface area (Å²) in [5.41, 5.74) is 1.56. The maximum absolute atomic E-state index is 12.5. The van der Waals surface area contributed by atoms with E-state index in [1.165, 1.54) is 0 Å². The highest BCUT2D eigenvalue weighted by Gasteiger charge is 2.34. The van der Waals surface area contributed by atoms with Gasteiger partial charge in [0.25, 0.3) is 5.91 Å². The average Bonchev–Trinajstić information content (AvgIpc) is 3.27. The molecule has 106 valence electrons. The van der Waals surface area contributed by atoms with E-state index in [-0.39, 0.29) is 12.5 Å². The Morgan fingerprint density at radius 2 is 2.25 bits per heavy atom. The molecule has 1 amide bonds. The van der Waals surface area contributed by atoms with E-state index in [2.05, 4.69) is 15.9 Å². The highest BCUT2D eigenvalue weighted by molar-refractivity contribution is 9.10. The van der Waals surface area contributed by atoms with Crippen molar-refractivity contribution in [3.63, 3.8) is 0 Å². The molecule has 1 N–H and O–H groups in total. The van der Waals surface area contributed by atoms with Gasteiger partial charge in [-0.15, -0.1) is 0 Å². The number of fused-ring (bicyclic) bond motifs is 1. The molecule has 1 aromatic carbocycles. The molecule has 0 saturated heterocycles. The van der Waals surface area contributed by atoms with Crippen molar-refractivity contribution >= 4 is 27.9 Å². The summed E-state index contributed by atoms with van der Waals surface area (Å²) in [5, 5.41) is 9.10. The van der Waals surface area contributed by atoms with Crippen molar-refractivity contribution < 1.29 is 14.6 Å². The smallest absolute Gasteiger partial charge is 0.253 e. The second-order valence-electron chi connectivity index (χ2n) is 5.09. The number of ether oxygens (including phenoxy) is 1. The molecule has 0 aromatic heterocycles. The Morgan fingerprint density at radius 3 is 2.95 bits per heavy atom. The summed E-state index contributed by atoms with van der Waals surface area (Å²) in [6.07, 6.45) is 3.95. The zero-order chi connectivity index (χ0) is 14.1. The molecular weight excluding hydrogens is 322 g/mol. The normalized spacial score (nSPS) is 17.0. The minimum absolute atomic E-state index is 0.00148. The van der Waals surface area contributed by atoms with Crippen molar-refractivity contribution in [3.05, 3.63) is 33.8 Å². The quantitative estimate of drug-likeness (QED) is 0.916. The molecule has 5 heteroatoms. The van der Waals surface area contributed by atoms with Crippen LogP contribution in [0.2, 0.25) is 0 Å². The summed E-state index contributed by atoms with van der Waals surface area (Å²) >= 11 is 3.42. The third-order valence-corrected chi connectivity index (χ3v) is 4.04. The van der Waals surface area contributed by atoms with Crippen LogP contribution in [-0.4, -0.2) is 41.7 Å². The van der Waals surface area contributed by atoms with Gasteiger partial charge < -0.3 is 14.7 Å². The first kappa shape index (κ1) is 13.6. The minimum atomic E-state index is -0.0211. The molecular formula is C15H16BrNO3. The molecule has 2 aliphatic rings. The van der Waals surface area contributed by atoms with Crippen molar-refractivity contribution in [2.45, 2.75) is 18.9 Å². The second-order valence-corrected chi connectivity index (χ2v) is 6.01. The van der Waals surface area contributed by atoms with Crippen molar-refractivity contribution in [2.75, 3.05) is 19.8 Å². The Hall–Kier alpha value is -1.33.